The molecule has 1 saturated heterocycles. The summed E-state index contributed by atoms with van der Waals surface area (Å²) in [5.41, 5.74) is 0.268. The van der Waals surface area contributed by atoms with E-state index in [0.717, 1.165) is 6.42 Å². The van der Waals surface area contributed by atoms with Crippen LogP contribution in [0.4, 0.5) is 0 Å². The molecule has 0 radical (unpaired) electrons. The van der Waals surface area contributed by atoms with Gasteiger partial charge in [-0.15, -0.1) is 0 Å². The smallest absolute Gasteiger partial charge is 0.255 e. The molecule has 0 bridgehead atoms. The van der Waals surface area contributed by atoms with Gasteiger partial charge in [0.05, 0.1) is 5.56 Å². The fourth-order valence-electron chi connectivity index (χ4n) is 1.89. The Hall–Kier alpha value is -1.62. The lowest BCUT2D eigenvalue weighted by Gasteiger charge is -2.15. The van der Waals surface area contributed by atoms with Gasteiger partial charge in [0.15, 0.2) is 0 Å². The molecular formula is C11H14N2O3. The number of carbonyl (C=O) groups excluding carboxylic acids is 1. The predicted molar refractivity (Wildman–Crippen MR) is 58.2 cm³/mol. The quantitative estimate of drug-likeness (QED) is 0.729. The van der Waals surface area contributed by atoms with E-state index in [9.17, 15) is 9.59 Å². The first-order valence-corrected chi connectivity index (χ1v) is 5.29. The van der Waals surface area contributed by atoms with Gasteiger partial charge in [-0.1, -0.05) is 0 Å². The van der Waals surface area contributed by atoms with Gasteiger partial charge < -0.3 is 15.0 Å². The van der Waals surface area contributed by atoms with Crippen LogP contribution in [-0.2, 0) is 0 Å². The van der Waals surface area contributed by atoms with Crippen molar-refractivity contribution in [2.75, 3.05) is 19.7 Å². The zero-order valence-electron chi connectivity index (χ0n) is 8.85. The Morgan fingerprint density at radius 2 is 2.38 bits per heavy atom. The largest absolute Gasteiger partial charge is 0.396 e. The van der Waals surface area contributed by atoms with Crippen molar-refractivity contribution < 1.29 is 9.90 Å². The van der Waals surface area contributed by atoms with Gasteiger partial charge in [-0.3, -0.25) is 9.59 Å². The van der Waals surface area contributed by atoms with Crippen LogP contribution in [0.15, 0.2) is 23.1 Å². The average Bonchev–Trinajstić information content (AvgIpc) is 2.77. The molecule has 1 fully saturated rings. The fourth-order valence-corrected chi connectivity index (χ4v) is 1.89. The minimum Gasteiger partial charge on any atom is -0.396 e. The van der Waals surface area contributed by atoms with E-state index >= 15 is 0 Å². The third-order valence-electron chi connectivity index (χ3n) is 2.86. The van der Waals surface area contributed by atoms with Gasteiger partial charge in [0.1, 0.15) is 0 Å². The number of nitrogens with one attached hydrogen (secondary N) is 1. The SMILES string of the molecule is O=C(c1ccc(=O)[nH]c1)N1CC[C@H](CO)C1. The Labute approximate surface area is 92.7 Å². The van der Waals surface area contributed by atoms with E-state index in [0.29, 0.717) is 18.7 Å². The molecule has 0 aliphatic carbocycles. The maximum atomic E-state index is 11.9. The van der Waals surface area contributed by atoms with Gasteiger partial charge in [-0.2, -0.15) is 0 Å². The number of rotatable bonds is 2. The van der Waals surface area contributed by atoms with Crippen LogP contribution in [0.5, 0.6) is 0 Å². The van der Waals surface area contributed by atoms with E-state index in [1.807, 2.05) is 0 Å². The molecule has 0 unspecified atom stereocenters. The molecule has 5 nitrogen and oxygen atoms in total. The molecule has 2 heterocycles. The van der Waals surface area contributed by atoms with Crippen LogP contribution in [0.3, 0.4) is 0 Å². The van der Waals surface area contributed by atoms with E-state index in [4.69, 9.17) is 5.11 Å². The summed E-state index contributed by atoms with van der Waals surface area (Å²) in [4.78, 5) is 27.0. The highest BCUT2D eigenvalue weighted by molar-refractivity contribution is 5.94. The van der Waals surface area contributed by atoms with Crippen molar-refractivity contribution in [1.82, 2.24) is 9.88 Å². The molecule has 0 saturated carbocycles. The molecule has 1 atom stereocenters. The number of aromatic amines is 1. The lowest BCUT2D eigenvalue weighted by molar-refractivity contribution is 0.0781. The Balaban J connectivity index is 2.08. The number of amides is 1. The predicted octanol–water partition coefficient (Wildman–Crippen LogP) is -0.171. The molecule has 2 N–H and O–H groups in total. The Morgan fingerprint density at radius 3 is 2.94 bits per heavy atom. The van der Waals surface area contributed by atoms with Crippen molar-refractivity contribution in [2.24, 2.45) is 5.92 Å². The molecule has 2 rings (SSSR count). The summed E-state index contributed by atoms with van der Waals surface area (Å²) in [6.45, 7) is 1.38. The number of H-pyrrole nitrogens is 1. The highest BCUT2D eigenvalue weighted by atomic mass is 16.3. The van der Waals surface area contributed by atoms with Crippen LogP contribution in [0, 0.1) is 5.92 Å². The first-order valence-electron chi connectivity index (χ1n) is 5.29. The number of aliphatic hydroxyl groups is 1. The van der Waals surface area contributed by atoms with Crippen molar-refractivity contribution in [3.8, 4) is 0 Å². The number of hydrogen-bond donors (Lipinski definition) is 2. The second-order valence-corrected chi connectivity index (χ2v) is 4.03. The summed E-state index contributed by atoms with van der Waals surface area (Å²) in [6.07, 6.45) is 2.27. The lowest BCUT2D eigenvalue weighted by Crippen LogP contribution is -2.29. The summed E-state index contributed by atoms with van der Waals surface area (Å²) in [5.74, 6) is 0.0962. The first kappa shape index (κ1) is 10.9. The number of hydrogen-bond acceptors (Lipinski definition) is 3. The van der Waals surface area contributed by atoms with Crippen molar-refractivity contribution in [3.63, 3.8) is 0 Å². The number of aromatic nitrogens is 1. The maximum absolute atomic E-state index is 11.9. The number of carbonyl (C=O) groups is 1. The van der Waals surface area contributed by atoms with E-state index in [-0.39, 0.29) is 24.0 Å². The summed E-state index contributed by atoms with van der Waals surface area (Å²) in [5, 5.41) is 8.99. The molecule has 1 aliphatic heterocycles. The third kappa shape index (κ3) is 2.14. The Kier molecular flexibility index (Phi) is 3.05. The highest BCUT2D eigenvalue weighted by Crippen LogP contribution is 2.17. The zero-order chi connectivity index (χ0) is 11.5. The molecule has 1 aromatic heterocycles. The molecule has 0 spiro atoms. The van der Waals surface area contributed by atoms with Crippen molar-refractivity contribution in [2.45, 2.75) is 6.42 Å². The third-order valence-corrected chi connectivity index (χ3v) is 2.86. The summed E-state index contributed by atoms with van der Waals surface area (Å²) < 4.78 is 0. The normalized spacial score (nSPS) is 20.1. The van der Waals surface area contributed by atoms with Crippen molar-refractivity contribution in [3.05, 3.63) is 34.2 Å². The lowest BCUT2D eigenvalue weighted by atomic mass is 10.1. The Bertz CT molecular complexity index is 421. The summed E-state index contributed by atoms with van der Waals surface area (Å²) in [7, 11) is 0. The van der Waals surface area contributed by atoms with Crippen molar-refractivity contribution >= 4 is 5.91 Å². The summed E-state index contributed by atoms with van der Waals surface area (Å²) in [6, 6.07) is 2.86. The minimum atomic E-state index is -0.216. The standard InChI is InChI=1S/C11H14N2O3/c14-7-8-3-4-13(6-8)11(16)9-1-2-10(15)12-5-9/h1-2,5,8,14H,3-4,6-7H2,(H,12,15)/t8-/m0/s1. The van der Waals surface area contributed by atoms with E-state index in [2.05, 4.69) is 4.98 Å². The molecule has 1 amide bonds. The number of aliphatic hydroxyl groups excluding tert-OH is 1. The molecule has 1 aromatic rings. The van der Waals surface area contributed by atoms with Gasteiger partial charge >= 0.3 is 0 Å². The van der Waals surface area contributed by atoms with Gasteiger partial charge in [0.25, 0.3) is 5.91 Å². The minimum absolute atomic E-state index is 0.0906. The molecule has 1 aliphatic rings. The molecule has 5 heteroatoms. The van der Waals surface area contributed by atoms with Crippen LogP contribution in [0.25, 0.3) is 0 Å². The topological polar surface area (TPSA) is 73.4 Å². The molecule has 16 heavy (non-hydrogen) atoms. The average molecular weight is 222 g/mol. The van der Waals surface area contributed by atoms with Gasteiger partial charge in [0, 0.05) is 37.9 Å². The van der Waals surface area contributed by atoms with E-state index < -0.39 is 0 Å². The molecule has 86 valence electrons. The van der Waals surface area contributed by atoms with Crippen LogP contribution >= 0.6 is 0 Å². The first-order chi connectivity index (χ1) is 7.70. The highest BCUT2D eigenvalue weighted by Gasteiger charge is 2.26. The monoisotopic (exact) mass is 222 g/mol. The fraction of sp³-hybridized carbons (Fsp3) is 0.455. The number of nitrogens with zero attached hydrogens (tertiary/aromatic N) is 1. The second-order valence-electron chi connectivity index (χ2n) is 4.03. The molecule has 0 aromatic carbocycles. The van der Waals surface area contributed by atoms with Gasteiger partial charge in [-0.25, -0.2) is 0 Å². The van der Waals surface area contributed by atoms with Crippen LogP contribution < -0.4 is 5.56 Å². The maximum Gasteiger partial charge on any atom is 0.255 e. The summed E-state index contributed by atoms with van der Waals surface area (Å²) >= 11 is 0. The van der Waals surface area contributed by atoms with Gasteiger partial charge in [0.2, 0.25) is 5.56 Å². The van der Waals surface area contributed by atoms with Gasteiger partial charge in [-0.05, 0) is 12.5 Å². The van der Waals surface area contributed by atoms with E-state index in [1.165, 1.54) is 18.3 Å². The second kappa shape index (κ2) is 4.49. The molecular weight excluding hydrogens is 208 g/mol. The number of pyridine rings is 1. The Morgan fingerprint density at radius 1 is 1.56 bits per heavy atom. The zero-order valence-corrected chi connectivity index (χ0v) is 8.85. The van der Waals surface area contributed by atoms with E-state index in [1.54, 1.807) is 4.90 Å². The van der Waals surface area contributed by atoms with Crippen LogP contribution in [0.1, 0.15) is 16.8 Å². The number of likely N-dealkylation sites (tertiary alicyclic amines) is 1. The van der Waals surface area contributed by atoms with Crippen molar-refractivity contribution in [1.29, 1.82) is 0 Å². The van der Waals surface area contributed by atoms with Crippen LogP contribution in [-0.4, -0.2) is 40.6 Å². The van der Waals surface area contributed by atoms with Crippen LogP contribution in [0.2, 0.25) is 0 Å².